The Bertz CT molecular complexity index is 780. The first-order valence-corrected chi connectivity index (χ1v) is 7.78. The molecule has 0 saturated heterocycles. The lowest BCUT2D eigenvalue weighted by atomic mass is 10.1. The van der Waals surface area contributed by atoms with E-state index in [2.05, 4.69) is 10.1 Å². The van der Waals surface area contributed by atoms with Crippen molar-refractivity contribution >= 4 is 40.8 Å². The molecule has 0 bridgehead atoms. The summed E-state index contributed by atoms with van der Waals surface area (Å²) in [5.74, 6) is -1.65. The van der Waals surface area contributed by atoms with Gasteiger partial charge in [-0.3, -0.25) is 4.79 Å². The Labute approximate surface area is 148 Å². The summed E-state index contributed by atoms with van der Waals surface area (Å²) in [6, 6.07) is 8.61. The number of amides is 1. The largest absolute Gasteiger partial charge is 0.465 e. The smallest absolute Gasteiger partial charge is 0.337 e. The highest BCUT2D eigenvalue weighted by Crippen LogP contribution is 2.22. The summed E-state index contributed by atoms with van der Waals surface area (Å²) in [4.78, 5) is 23.5. The molecule has 4 nitrogen and oxygen atoms in total. The lowest BCUT2D eigenvalue weighted by molar-refractivity contribution is -0.116. The summed E-state index contributed by atoms with van der Waals surface area (Å²) in [7, 11) is 1.22. The SMILES string of the molecule is COC(=O)c1ccc(F)c(NC(=O)CCc2ccc(Cl)cc2Cl)c1. The summed E-state index contributed by atoms with van der Waals surface area (Å²) in [6.07, 6.45) is 0.476. The van der Waals surface area contributed by atoms with Crippen LogP contribution in [-0.4, -0.2) is 19.0 Å². The van der Waals surface area contributed by atoms with Crippen LogP contribution in [0.15, 0.2) is 36.4 Å². The van der Waals surface area contributed by atoms with Crippen molar-refractivity contribution < 1.29 is 18.7 Å². The van der Waals surface area contributed by atoms with E-state index in [0.717, 1.165) is 11.6 Å². The second-order valence-corrected chi connectivity index (χ2v) is 5.81. The molecule has 1 N–H and O–H groups in total. The second kappa shape index (κ2) is 8.13. The molecule has 2 aromatic rings. The van der Waals surface area contributed by atoms with Gasteiger partial charge in [-0.1, -0.05) is 29.3 Å². The molecule has 2 aromatic carbocycles. The number of hydrogen-bond donors (Lipinski definition) is 1. The topological polar surface area (TPSA) is 55.4 Å². The van der Waals surface area contributed by atoms with Crippen LogP contribution in [0.2, 0.25) is 10.0 Å². The maximum Gasteiger partial charge on any atom is 0.337 e. The minimum atomic E-state index is -0.638. The summed E-state index contributed by atoms with van der Waals surface area (Å²) < 4.78 is 18.3. The first-order chi connectivity index (χ1) is 11.4. The average Bonchev–Trinajstić information content (AvgIpc) is 2.55. The van der Waals surface area contributed by atoms with Crippen molar-refractivity contribution in [2.75, 3.05) is 12.4 Å². The van der Waals surface area contributed by atoms with Gasteiger partial charge in [0.15, 0.2) is 0 Å². The van der Waals surface area contributed by atoms with Gasteiger partial charge in [-0.25, -0.2) is 9.18 Å². The minimum absolute atomic E-state index is 0.0786. The fourth-order valence-corrected chi connectivity index (χ4v) is 2.55. The minimum Gasteiger partial charge on any atom is -0.465 e. The standard InChI is InChI=1S/C17H14Cl2FNO3/c1-24-17(23)11-3-6-14(20)15(8-11)21-16(22)7-4-10-2-5-12(18)9-13(10)19/h2-3,5-6,8-9H,4,7H2,1H3,(H,21,22). The molecule has 0 radical (unpaired) electrons. The summed E-state index contributed by atoms with van der Waals surface area (Å²) in [5.41, 5.74) is 0.833. The van der Waals surface area contributed by atoms with Crippen molar-refractivity contribution in [3.63, 3.8) is 0 Å². The summed E-state index contributed by atoms with van der Waals surface area (Å²) in [6.45, 7) is 0. The predicted molar refractivity (Wildman–Crippen MR) is 91.2 cm³/mol. The van der Waals surface area contributed by atoms with E-state index in [1.54, 1.807) is 18.2 Å². The number of esters is 1. The van der Waals surface area contributed by atoms with Gasteiger partial charge in [0.25, 0.3) is 0 Å². The number of halogens is 3. The van der Waals surface area contributed by atoms with Gasteiger partial charge in [-0.05, 0) is 42.3 Å². The van der Waals surface area contributed by atoms with Crippen LogP contribution in [0, 0.1) is 5.82 Å². The lowest BCUT2D eigenvalue weighted by Crippen LogP contribution is -2.14. The number of methoxy groups -OCH3 is 1. The van der Waals surface area contributed by atoms with Crippen molar-refractivity contribution in [2.24, 2.45) is 0 Å². The van der Waals surface area contributed by atoms with Gasteiger partial charge < -0.3 is 10.1 Å². The van der Waals surface area contributed by atoms with E-state index in [0.29, 0.717) is 16.5 Å². The highest BCUT2D eigenvalue weighted by molar-refractivity contribution is 6.35. The number of ether oxygens (including phenoxy) is 1. The fourth-order valence-electron chi connectivity index (χ4n) is 2.05. The summed E-state index contributed by atoms with van der Waals surface area (Å²) >= 11 is 11.9. The molecule has 0 aromatic heterocycles. The Morgan fingerprint density at radius 2 is 1.92 bits per heavy atom. The van der Waals surface area contributed by atoms with Gasteiger partial charge >= 0.3 is 5.97 Å². The van der Waals surface area contributed by atoms with E-state index in [1.807, 2.05) is 0 Å². The molecule has 0 aliphatic rings. The molecule has 0 aliphatic heterocycles. The first-order valence-electron chi connectivity index (χ1n) is 7.02. The number of hydrogen-bond acceptors (Lipinski definition) is 3. The van der Waals surface area contributed by atoms with Crippen molar-refractivity contribution in [1.29, 1.82) is 0 Å². The van der Waals surface area contributed by atoms with Crippen LogP contribution in [0.4, 0.5) is 10.1 Å². The van der Waals surface area contributed by atoms with Gasteiger partial charge in [0.2, 0.25) is 5.91 Å². The molecule has 0 fully saturated rings. The van der Waals surface area contributed by atoms with Crippen LogP contribution < -0.4 is 5.32 Å². The van der Waals surface area contributed by atoms with Crippen molar-refractivity contribution in [3.8, 4) is 0 Å². The molecule has 126 valence electrons. The van der Waals surface area contributed by atoms with Crippen LogP contribution in [-0.2, 0) is 16.0 Å². The van der Waals surface area contributed by atoms with Crippen LogP contribution in [0.1, 0.15) is 22.3 Å². The Balaban J connectivity index is 2.03. The Morgan fingerprint density at radius 3 is 2.58 bits per heavy atom. The molecule has 0 heterocycles. The zero-order valence-corrected chi connectivity index (χ0v) is 14.2. The van der Waals surface area contributed by atoms with E-state index < -0.39 is 17.7 Å². The highest BCUT2D eigenvalue weighted by Gasteiger charge is 2.13. The molecule has 2 rings (SSSR count). The molecule has 0 unspecified atom stereocenters. The van der Waals surface area contributed by atoms with Crippen molar-refractivity contribution in [2.45, 2.75) is 12.8 Å². The third-order valence-corrected chi connectivity index (χ3v) is 3.89. The molecule has 7 heteroatoms. The fraction of sp³-hybridized carbons (Fsp3) is 0.176. The van der Waals surface area contributed by atoms with E-state index in [-0.39, 0.29) is 17.7 Å². The van der Waals surface area contributed by atoms with Gasteiger partial charge in [0, 0.05) is 16.5 Å². The number of aryl methyl sites for hydroxylation is 1. The van der Waals surface area contributed by atoms with Crippen LogP contribution >= 0.6 is 23.2 Å². The van der Waals surface area contributed by atoms with Crippen LogP contribution in [0.5, 0.6) is 0 Å². The predicted octanol–water partition coefficient (Wildman–Crippen LogP) is 4.49. The molecule has 24 heavy (non-hydrogen) atoms. The van der Waals surface area contributed by atoms with Gasteiger partial charge in [0.05, 0.1) is 18.4 Å². The van der Waals surface area contributed by atoms with Gasteiger partial charge in [0.1, 0.15) is 5.82 Å². The molecular formula is C17H14Cl2FNO3. The van der Waals surface area contributed by atoms with E-state index in [1.165, 1.54) is 19.2 Å². The number of benzene rings is 2. The first kappa shape index (κ1) is 18.2. The monoisotopic (exact) mass is 369 g/mol. The van der Waals surface area contributed by atoms with Crippen LogP contribution in [0.3, 0.4) is 0 Å². The Hall–Kier alpha value is -2.11. The molecular weight excluding hydrogens is 356 g/mol. The number of rotatable bonds is 5. The highest BCUT2D eigenvalue weighted by atomic mass is 35.5. The number of nitrogens with one attached hydrogen (secondary N) is 1. The van der Waals surface area contributed by atoms with E-state index in [9.17, 15) is 14.0 Å². The molecule has 0 atom stereocenters. The zero-order valence-electron chi connectivity index (χ0n) is 12.7. The van der Waals surface area contributed by atoms with Gasteiger partial charge in [-0.15, -0.1) is 0 Å². The van der Waals surface area contributed by atoms with Crippen molar-refractivity contribution in [3.05, 3.63) is 63.4 Å². The van der Waals surface area contributed by atoms with Gasteiger partial charge in [-0.2, -0.15) is 0 Å². The molecule has 1 amide bonds. The maximum atomic E-state index is 13.8. The number of carbonyl (C=O) groups excluding carboxylic acids is 2. The average molecular weight is 370 g/mol. The molecule has 0 saturated carbocycles. The lowest BCUT2D eigenvalue weighted by Gasteiger charge is -2.09. The van der Waals surface area contributed by atoms with E-state index >= 15 is 0 Å². The zero-order chi connectivity index (χ0) is 17.7. The quantitative estimate of drug-likeness (QED) is 0.789. The number of anilines is 1. The molecule has 0 aliphatic carbocycles. The third-order valence-electron chi connectivity index (χ3n) is 3.30. The Morgan fingerprint density at radius 1 is 1.17 bits per heavy atom. The van der Waals surface area contributed by atoms with Crippen LogP contribution in [0.25, 0.3) is 0 Å². The normalized spacial score (nSPS) is 10.3. The molecule has 0 spiro atoms. The maximum absolute atomic E-state index is 13.8. The Kier molecular flexibility index (Phi) is 6.17. The summed E-state index contributed by atoms with van der Waals surface area (Å²) in [5, 5.41) is 3.42. The van der Waals surface area contributed by atoms with Crippen molar-refractivity contribution in [1.82, 2.24) is 0 Å². The van der Waals surface area contributed by atoms with E-state index in [4.69, 9.17) is 23.2 Å². The number of carbonyl (C=O) groups is 2. The third kappa shape index (κ3) is 4.69. The second-order valence-electron chi connectivity index (χ2n) is 4.97.